The molecule has 0 bridgehead atoms. The van der Waals surface area contributed by atoms with Crippen molar-refractivity contribution < 1.29 is 14.6 Å². The van der Waals surface area contributed by atoms with E-state index < -0.39 is 5.60 Å². The van der Waals surface area contributed by atoms with Gasteiger partial charge in [-0.05, 0) is 26.8 Å². The van der Waals surface area contributed by atoms with E-state index in [9.17, 15) is 4.79 Å². The summed E-state index contributed by atoms with van der Waals surface area (Å²) in [5, 5.41) is 7.00. The molecule has 0 amide bonds. The van der Waals surface area contributed by atoms with E-state index in [-0.39, 0.29) is 19.8 Å². The van der Waals surface area contributed by atoms with Crippen molar-refractivity contribution in [1.29, 1.82) is 11.1 Å². The highest BCUT2D eigenvalue weighted by Gasteiger charge is 2.16. The fourth-order valence-corrected chi connectivity index (χ4v) is 1.36. The van der Waals surface area contributed by atoms with Crippen LogP contribution in [-0.2, 0) is 16.0 Å². The Morgan fingerprint density at radius 1 is 1.11 bits per heavy atom. The summed E-state index contributed by atoms with van der Waals surface area (Å²) in [5.41, 5.74) is 11.0. The van der Waals surface area contributed by atoms with E-state index in [4.69, 9.17) is 20.9 Å². The smallest absolute Gasteiger partial charge is 0.312 e. The molecule has 0 unspecified atom stereocenters. The average molecular weight is 378 g/mol. The number of carbonyl (C=O) groups excluding carboxylic acids is 1. The molecule has 3 N–H and O–H groups in total. The van der Waals surface area contributed by atoms with Gasteiger partial charge in [0.05, 0.1) is 24.0 Å². The van der Waals surface area contributed by atoms with Gasteiger partial charge in [-0.2, -0.15) is 0 Å². The second kappa shape index (κ2) is 17.7. The number of hydrogen-bond acceptors (Lipinski definition) is 9. The number of esters is 1. The average Bonchev–Trinajstić information content (AvgIpc) is 2.65. The van der Waals surface area contributed by atoms with Crippen LogP contribution in [0.4, 0.5) is 0 Å². The van der Waals surface area contributed by atoms with Crippen molar-refractivity contribution >= 4 is 12.0 Å². The van der Waals surface area contributed by atoms with Gasteiger partial charge in [0, 0.05) is 38.1 Å². The van der Waals surface area contributed by atoms with Crippen molar-refractivity contribution in [2.75, 3.05) is 7.11 Å². The SMILES string of the molecule is C.C=Cc1cnccn1.CC(C)(C)OC(=O)Cc1cnccn1.CO.N=N. The highest BCUT2D eigenvalue weighted by atomic mass is 16.6. The third-order valence-corrected chi connectivity index (χ3v) is 2.15. The minimum absolute atomic E-state index is 0. The van der Waals surface area contributed by atoms with Crippen LogP contribution in [0.15, 0.2) is 43.8 Å². The Labute approximate surface area is 160 Å². The molecule has 0 saturated carbocycles. The van der Waals surface area contributed by atoms with Gasteiger partial charge in [-0.3, -0.25) is 24.7 Å². The van der Waals surface area contributed by atoms with Crippen molar-refractivity contribution in [1.82, 2.24) is 19.9 Å². The Kier molecular flexibility index (Phi) is 18.9. The standard InChI is InChI=1S/C10H14N2O2.C6H6N2.CH4O.CH4.H2N2/c1-10(2,3)14-9(13)6-8-7-11-4-5-12-8;1-2-6-5-7-3-4-8-6;1-2;;1-2/h4-5,7H,6H2,1-3H3;2-5H,1H2;2H,1H3;1H4;1-2H. The molecule has 150 valence electrons. The van der Waals surface area contributed by atoms with Crippen LogP contribution in [0.1, 0.15) is 39.6 Å². The van der Waals surface area contributed by atoms with Crippen LogP contribution in [0, 0.1) is 11.1 Å². The van der Waals surface area contributed by atoms with E-state index in [2.05, 4.69) is 26.5 Å². The summed E-state index contributed by atoms with van der Waals surface area (Å²) in [7, 11) is 1.00. The Hall–Kier alpha value is -3.07. The number of aliphatic hydroxyl groups excluding tert-OH is 1. The summed E-state index contributed by atoms with van der Waals surface area (Å²) in [6.07, 6.45) is 11.4. The van der Waals surface area contributed by atoms with Gasteiger partial charge in [0.25, 0.3) is 0 Å². The second-order valence-corrected chi connectivity index (χ2v) is 5.29. The van der Waals surface area contributed by atoms with Gasteiger partial charge in [-0.25, -0.2) is 11.1 Å². The molecule has 2 rings (SSSR count). The lowest BCUT2D eigenvalue weighted by Crippen LogP contribution is -2.25. The van der Waals surface area contributed by atoms with Crippen LogP contribution in [-0.4, -0.2) is 43.7 Å². The van der Waals surface area contributed by atoms with Gasteiger partial charge >= 0.3 is 5.97 Å². The third-order valence-electron chi connectivity index (χ3n) is 2.15. The molecule has 2 aromatic rings. The zero-order valence-electron chi connectivity index (χ0n) is 15.5. The second-order valence-electron chi connectivity index (χ2n) is 5.29. The molecular formula is C18H30N6O3. The van der Waals surface area contributed by atoms with E-state index in [1.165, 1.54) is 0 Å². The monoisotopic (exact) mass is 378 g/mol. The molecule has 2 aromatic heterocycles. The normalized spacial score (nSPS) is 8.63. The van der Waals surface area contributed by atoms with E-state index in [0.29, 0.717) is 5.69 Å². The number of carbonyl (C=O) groups is 1. The van der Waals surface area contributed by atoms with Crippen LogP contribution in [0.25, 0.3) is 6.08 Å². The van der Waals surface area contributed by atoms with Crippen molar-refractivity contribution in [3.8, 4) is 0 Å². The lowest BCUT2D eigenvalue weighted by molar-refractivity contribution is -0.154. The molecule has 0 aliphatic heterocycles. The maximum atomic E-state index is 11.3. The molecule has 0 atom stereocenters. The molecule has 0 radical (unpaired) electrons. The van der Waals surface area contributed by atoms with Gasteiger partial charge < -0.3 is 9.84 Å². The number of hydrogen-bond donors (Lipinski definition) is 3. The predicted molar refractivity (Wildman–Crippen MR) is 104 cm³/mol. The number of aliphatic hydroxyl groups is 1. The Balaban J connectivity index is -0.000000379. The highest BCUT2D eigenvalue weighted by molar-refractivity contribution is 5.72. The lowest BCUT2D eigenvalue weighted by atomic mass is 10.2. The summed E-state index contributed by atoms with van der Waals surface area (Å²) in [4.78, 5) is 26.9. The van der Waals surface area contributed by atoms with E-state index in [0.717, 1.165) is 12.8 Å². The molecule has 0 aromatic carbocycles. The molecule has 0 aliphatic rings. The number of aromatic nitrogens is 4. The van der Waals surface area contributed by atoms with Crippen molar-refractivity contribution in [2.45, 2.75) is 40.2 Å². The van der Waals surface area contributed by atoms with Crippen LogP contribution < -0.4 is 0 Å². The molecule has 9 nitrogen and oxygen atoms in total. The minimum Gasteiger partial charge on any atom is -0.460 e. The summed E-state index contributed by atoms with van der Waals surface area (Å²) in [6.45, 7) is 9.03. The van der Waals surface area contributed by atoms with Gasteiger partial charge in [0.15, 0.2) is 0 Å². The fraction of sp³-hybridized carbons (Fsp3) is 0.389. The van der Waals surface area contributed by atoms with Gasteiger partial charge in [0.2, 0.25) is 0 Å². The van der Waals surface area contributed by atoms with Gasteiger partial charge in [-0.15, -0.1) is 0 Å². The maximum Gasteiger partial charge on any atom is 0.312 e. The van der Waals surface area contributed by atoms with Gasteiger partial charge in [-0.1, -0.05) is 14.0 Å². The fourth-order valence-electron chi connectivity index (χ4n) is 1.36. The maximum absolute atomic E-state index is 11.3. The molecular weight excluding hydrogens is 348 g/mol. The zero-order valence-corrected chi connectivity index (χ0v) is 15.5. The van der Waals surface area contributed by atoms with Gasteiger partial charge in [0.1, 0.15) is 5.60 Å². The largest absolute Gasteiger partial charge is 0.460 e. The first kappa shape index (κ1) is 28.7. The highest BCUT2D eigenvalue weighted by Crippen LogP contribution is 2.08. The summed E-state index contributed by atoms with van der Waals surface area (Å²) in [5.74, 6) is -0.280. The molecule has 9 heteroatoms. The first-order valence-corrected chi connectivity index (χ1v) is 7.45. The van der Waals surface area contributed by atoms with Crippen LogP contribution in [0.5, 0.6) is 0 Å². The van der Waals surface area contributed by atoms with Crippen molar-refractivity contribution in [2.24, 2.45) is 0 Å². The van der Waals surface area contributed by atoms with E-state index in [1.54, 1.807) is 43.3 Å². The van der Waals surface area contributed by atoms with Crippen LogP contribution >= 0.6 is 0 Å². The quantitative estimate of drug-likeness (QED) is 0.548. The third kappa shape index (κ3) is 17.5. The number of nitrogens with one attached hydrogen (secondary N) is 2. The topological polar surface area (TPSA) is 146 Å². The molecule has 0 fully saturated rings. The Bertz CT molecular complexity index is 603. The summed E-state index contributed by atoms with van der Waals surface area (Å²) < 4.78 is 5.13. The van der Waals surface area contributed by atoms with Crippen LogP contribution in [0.3, 0.4) is 0 Å². The van der Waals surface area contributed by atoms with E-state index in [1.807, 2.05) is 20.8 Å². The molecule has 0 saturated heterocycles. The lowest BCUT2D eigenvalue weighted by Gasteiger charge is -2.19. The number of ether oxygens (including phenoxy) is 1. The number of rotatable bonds is 3. The summed E-state index contributed by atoms with van der Waals surface area (Å²) in [6, 6.07) is 0. The van der Waals surface area contributed by atoms with Crippen molar-refractivity contribution in [3.63, 3.8) is 0 Å². The minimum atomic E-state index is -0.445. The van der Waals surface area contributed by atoms with Crippen molar-refractivity contribution in [3.05, 3.63) is 55.1 Å². The predicted octanol–water partition coefficient (Wildman–Crippen LogP) is 3.32. The zero-order chi connectivity index (χ0) is 20.4. The summed E-state index contributed by atoms with van der Waals surface area (Å²) >= 11 is 0. The first-order chi connectivity index (χ1) is 12.4. The Morgan fingerprint density at radius 2 is 1.63 bits per heavy atom. The number of nitrogens with zero attached hydrogens (tertiary/aromatic N) is 4. The first-order valence-electron chi connectivity index (χ1n) is 7.45. The molecule has 0 aliphatic carbocycles. The Morgan fingerprint density at radius 3 is 1.96 bits per heavy atom. The van der Waals surface area contributed by atoms with E-state index >= 15 is 0 Å². The molecule has 2 heterocycles. The molecule has 27 heavy (non-hydrogen) atoms. The van der Waals surface area contributed by atoms with Crippen LogP contribution in [0.2, 0.25) is 0 Å². The molecule has 0 spiro atoms.